The van der Waals surface area contributed by atoms with Crippen molar-refractivity contribution in [2.24, 2.45) is 0 Å². The molecule has 0 aromatic carbocycles. The summed E-state index contributed by atoms with van der Waals surface area (Å²) in [6, 6.07) is 2.63. The first-order chi connectivity index (χ1) is 9.93. The largest absolute Gasteiger partial charge is 0.339 e. The van der Waals surface area contributed by atoms with Crippen molar-refractivity contribution >= 4 is 5.91 Å². The zero-order valence-corrected chi connectivity index (χ0v) is 13.2. The Balaban J connectivity index is 2.03. The third-order valence-electron chi connectivity index (χ3n) is 4.32. The van der Waals surface area contributed by atoms with Crippen LogP contribution in [0.15, 0.2) is 0 Å². The van der Waals surface area contributed by atoms with Gasteiger partial charge in [-0.1, -0.05) is 0 Å². The number of hydrogen-bond acceptors (Lipinski definition) is 4. The molecule has 2 rings (SSSR count). The molecule has 6 nitrogen and oxygen atoms in total. The summed E-state index contributed by atoms with van der Waals surface area (Å²) in [5, 5.41) is 15.9. The zero-order valence-electron chi connectivity index (χ0n) is 13.2. The molecular weight excluding hydrogens is 266 g/mol. The van der Waals surface area contributed by atoms with Crippen LogP contribution in [0.25, 0.3) is 0 Å². The van der Waals surface area contributed by atoms with Gasteiger partial charge in [0.25, 0.3) is 0 Å². The summed E-state index contributed by atoms with van der Waals surface area (Å²) in [6.45, 7) is 9.79. The van der Waals surface area contributed by atoms with Crippen molar-refractivity contribution in [2.45, 2.75) is 46.2 Å². The Morgan fingerprint density at radius 2 is 2.00 bits per heavy atom. The Labute approximate surface area is 125 Å². The summed E-state index contributed by atoms with van der Waals surface area (Å²) in [5.74, 6) is 0.137. The molecule has 2 heterocycles. The van der Waals surface area contributed by atoms with Crippen molar-refractivity contribution in [3.8, 4) is 6.07 Å². The number of piperazine rings is 1. The van der Waals surface area contributed by atoms with Gasteiger partial charge in [0.05, 0.1) is 24.7 Å². The lowest BCUT2D eigenvalue weighted by Gasteiger charge is -2.43. The molecule has 1 fully saturated rings. The van der Waals surface area contributed by atoms with Crippen LogP contribution in [0.2, 0.25) is 0 Å². The molecule has 0 saturated carbocycles. The van der Waals surface area contributed by atoms with Crippen molar-refractivity contribution in [1.29, 1.82) is 5.26 Å². The van der Waals surface area contributed by atoms with Gasteiger partial charge in [-0.25, -0.2) is 0 Å². The van der Waals surface area contributed by atoms with Gasteiger partial charge in [-0.15, -0.1) is 0 Å². The van der Waals surface area contributed by atoms with E-state index in [-0.39, 0.29) is 18.0 Å². The Morgan fingerprint density at radius 3 is 2.48 bits per heavy atom. The molecule has 6 heteroatoms. The van der Waals surface area contributed by atoms with E-state index in [0.29, 0.717) is 26.1 Å². The van der Waals surface area contributed by atoms with Crippen LogP contribution < -0.4 is 0 Å². The van der Waals surface area contributed by atoms with E-state index in [2.05, 4.69) is 35.0 Å². The van der Waals surface area contributed by atoms with E-state index in [4.69, 9.17) is 5.26 Å². The second-order valence-electron chi connectivity index (χ2n) is 5.92. The Morgan fingerprint density at radius 1 is 1.38 bits per heavy atom. The Hall–Kier alpha value is -1.87. The van der Waals surface area contributed by atoms with Crippen LogP contribution in [0.1, 0.15) is 30.8 Å². The number of amides is 1. The van der Waals surface area contributed by atoms with Crippen LogP contribution in [-0.2, 0) is 11.2 Å². The maximum Gasteiger partial charge on any atom is 0.227 e. The maximum absolute atomic E-state index is 12.5. The molecule has 2 atom stereocenters. The van der Waals surface area contributed by atoms with Crippen molar-refractivity contribution in [3.63, 3.8) is 0 Å². The molecule has 1 aliphatic heterocycles. The molecule has 1 aliphatic rings. The molecule has 1 N–H and O–H groups in total. The van der Waals surface area contributed by atoms with Gasteiger partial charge >= 0.3 is 0 Å². The topological polar surface area (TPSA) is 76.0 Å². The van der Waals surface area contributed by atoms with E-state index in [1.54, 1.807) is 0 Å². The fourth-order valence-electron chi connectivity index (χ4n) is 3.05. The second-order valence-corrected chi connectivity index (χ2v) is 5.92. The lowest BCUT2D eigenvalue weighted by molar-refractivity contribution is -0.134. The van der Waals surface area contributed by atoms with Crippen LogP contribution >= 0.6 is 0 Å². The van der Waals surface area contributed by atoms with E-state index in [0.717, 1.165) is 17.0 Å². The fraction of sp³-hybridized carbons (Fsp3) is 0.667. The maximum atomic E-state index is 12.5. The van der Waals surface area contributed by atoms with Crippen molar-refractivity contribution in [2.75, 3.05) is 19.6 Å². The third kappa shape index (κ3) is 3.24. The fourth-order valence-corrected chi connectivity index (χ4v) is 3.05. The summed E-state index contributed by atoms with van der Waals surface area (Å²) >= 11 is 0. The number of rotatable bonds is 3. The molecular formula is C15H23N5O. The number of carbonyl (C=O) groups is 1. The van der Waals surface area contributed by atoms with E-state index in [1.165, 1.54) is 0 Å². The summed E-state index contributed by atoms with van der Waals surface area (Å²) in [7, 11) is 0. The molecule has 1 aromatic heterocycles. The van der Waals surface area contributed by atoms with E-state index in [1.807, 2.05) is 18.7 Å². The highest BCUT2D eigenvalue weighted by molar-refractivity contribution is 5.79. The van der Waals surface area contributed by atoms with E-state index < -0.39 is 0 Å². The zero-order chi connectivity index (χ0) is 15.6. The smallest absolute Gasteiger partial charge is 0.227 e. The predicted octanol–water partition coefficient (Wildman–Crippen LogP) is 1.01. The average molecular weight is 289 g/mol. The van der Waals surface area contributed by atoms with E-state index in [9.17, 15) is 4.79 Å². The van der Waals surface area contributed by atoms with Gasteiger partial charge in [0.1, 0.15) is 0 Å². The van der Waals surface area contributed by atoms with Gasteiger partial charge in [0.15, 0.2) is 0 Å². The second kappa shape index (κ2) is 6.27. The number of nitriles is 1. The highest BCUT2D eigenvalue weighted by atomic mass is 16.2. The first kappa shape index (κ1) is 15.5. The van der Waals surface area contributed by atoms with Gasteiger partial charge in [0.2, 0.25) is 5.91 Å². The SMILES string of the molecule is Cc1n[nH]c(C)c1CC(=O)N1CC(C)N(CC#N)C(C)C1. The van der Waals surface area contributed by atoms with Crippen LogP contribution in [0.4, 0.5) is 0 Å². The van der Waals surface area contributed by atoms with Crippen LogP contribution in [0.3, 0.4) is 0 Å². The molecule has 21 heavy (non-hydrogen) atoms. The monoisotopic (exact) mass is 289 g/mol. The number of carbonyl (C=O) groups excluding carboxylic acids is 1. The highest BCUT2D eigenvalue weighted by Gasteiger charge is 2.31. The minimum Gasteiger partial charge on any atom is -0.339 e. The van der Waals surface area contributed by atoms with Crippen LogP contribution in [0, 0.1) is 25.2 Å². The lowest BCUT2D eigenvalue weighted by Crippen LogP contribution is -2.58. The molecule has 1 saturated heterocycles. The summed E-state index contributed by atoms with van der Waals surface area (Å²) in [6.07, 6.45) is 0.395. The standard InChI is InChI=1S/C15H23N5O/c1-10-8-19(9-11(2)20(10)6-5-16)15(21)7-14-12(3)17-18-13(14)4/h10-11H,6-9H2,1-4H3,(H,17,18). The number of aromatic nitrogens is 2. The molecule has 0 spiro atoms. The van der Waals surface area contributed by atoms with Crippen molar-refractivity contribution in [3.05, 3.63) is 17.0 Å². The van der Waals surface area contributed by atoms with Gasteiger partial charge < -0.3 is 4.90 Å². The summed E-state index contributed by atoms with van der Waals surface area (Å²) < 4.78 is 0. The summed E-state index contributed by atoms with van der Waals surface area (Å²) in [5.41, 5.74) is 2.86. The number of nitrogens with one attached hydrogen (secondary N) is 1. The molecule has 1 aromatic rings. The first-order valence-corrected chi connectivity index (χ1v) is 7.35. The summed E-state index contributed by atoms with van der Waals surface area (Å²) in [4.78, 5) is 16.6. The molecule has 1 amide bonds. The number of H-pyrrole nitrogens is 1. The Kier molecular flexibility index (Phi) is 4.63. The minimum atomic E-state index is 0.137. The van der Waals surface area contributed by atoms with Crippen LogP contribution in [-0.4, -0.2) is 57.6 Å². The number of nitrogens with zero attached hydrogens (tertiary/aromatic N) is 4. The molecule has 114 valence electrons. The highest BCUT2D eigenvalue weighted by Crippen LogP contribution is 2.18. The predicted molar refractivity (Wildman–Crippen MR) is 79.6 cm³/mol. The first-order valence-electron chi connectivity index (χ1n) is 7.35. The minimum absolute atomic E-state index is 0.137. The van der Waals surface area contributed by atoms with Crippen LogP contribution in [0.5, 0.6) is 0 Å². The molecule has 0 radical (unpaired) electrons. The quantitative estimate of drug-likeness (QED) is 0.843. The van der Waals surface area contributed by atoms with E-state index >= 15 is 0 Å². The lowest BCUT2D eigenvalue weighted by atomic mass is 10.1. The number of aromatic amines is 1. The molecule has 2 unspecified atom stereocenters. The van der Waals surface area contributed by atoms with Gasteiger partial charge in [-0.3, -0.25) is 14.8 Å². The van der Waals surface area contributed by atoms with Gasteiger partial charge in [-0.2, -0.15) is 10.4 Å². The van der Waals surface area contributed by atoms with Gasteiger partial charge in [0, 0.05) is 36.4 Å². The third-order valence-corrected chi connectivity index (χ3v) is 4.32. The molecule has 0 aliphatic carbocycles. The number of aryl methyl sites for hydroxylation is 2. The van der Waals surface area contributed by atoms with Crippen molar-refractivity contribution in [1.82, 2.24) is 20.0 Å². The number of hydrogen-bond donors (Lipinski definition) is 1. The average Bonchev–Trinajstić information content (AvgIpc) is 2.74. The normalized spacial score (nSPS) is 23.1. The van der Waals surface area contributed by atoms with Gasteiger partial charge in [-0.05, 0) is 27.7 Å². The Bertz CT molecular complexity index is 527. The van der Waals surface area contributed by atoms with Crippen molar-refractivity contribution < 1.29 is 4.79 Å². The molecule has 0 bridgehead atoms.